The summed E-state index contributed by atoms with van der Waals surface area (Å²) in [5.74, 6) is 0.780. The van der Waals surface area contributed by atoms with E-state index in [-0.39, 0.29) is 0 Å². The summed E-state index contributed by atoms with van der Waals surface area (Å²) in [6.07, 6.45) is 5.97. The summed E-state index contributed by atoms with van der Waals surface area (Å²) in [6.45, 7) is 3.30. The van der Waals surface area contributed by atoms with Gasteiger partial charge in [0.25, 0.3) is 0 Å². The minimum Gasteiger partial charge on any atom is -0.487 e. The highest BCUT2D eigenvalue weighted by Crippen LogP contribution is 2.14. The van der Waals surface area contributed by atoms with E-state index in [0.29, 0.717) is 12.3 Å². The third-order valence-corrected chi connectivity index (χ3v) is 3.54. The monoisotopic (exact) mass is 298 g/mol. The topological polar surface area (TPSA) is 63.7 Å². The van der Waals surface area contributed by atoms with Crippen molar-refractivity contribution in [2.24, 2.45) is 0 Å². The van der Waals surface area contributed by atoms with E-state index in [0.717, 1.165) is 24.4 Å². The Hall–Kier alpha value is -2.35. The molecule has 0 aliphatic rings. The van der Waals surface area contributed by atoms with Gasteiger partial charge in [0, 0.05) is 6.54 Å². The molecule has 0 amide bonds. The van der Waals surface area contributed by atoms with Gasteiger partial charge in [0.1, 0.15) is 24.1 Å². The van der Waals surface area contributed by atoms with Gasteiger partial charge >= 0.3 is 0 Å². The second kappa shape index (κ2) is 8.83. The zero-order chi connectivity index (χ0) is 15.6. The highest BCUT2D eigenvalue weighted by atomic mass is 16.5. The van der Waals surface area contributed by atoms with Crippen molar-refractivity contribution < 1.29 is 4.74 Å². The molecule has 2 aromatic rings. The molecule has 0 aliphatic carbocycles. The predicted molar refractivity (Wildman–Crippen MR) is 84.3 cm³/mol. The molecule has 0 atom stereocenters. The summed E-state index contributed by atoms with van der Waals surface area (Å²) in [6, 6.07) is 11.7. The average Bonchev–Trinajstić information content (AvgIpc) is 2.95. The third kappa shape index (κ3) is 4.59. The second-order valence-electron chi connectivity index (χ2n) is 5.24. The van der Waals surface area contributed by atoms with E-state index >= 15 is 0 Å². The van der Waals surface area contributed by atoms with Crippen LogP contribution < -0.4 is 4.74 Å². The lowest BCUT2D eigenvalue weighted by Crippen LogP contribution is -2.09. The van der Waals surface area contributed by atoms with Crippen molar-refractivity contribution in [3.8, 4) is 11.8 Å². The lowest BCUT2D eigenvalue weighted by Gasteiger charge is -2.08. The lowest BCUT2D eigenvalue weighted by molar-refractivity contribution is 0.290. The number of aromatic nitrogens is 3. The molecular formula is C17H22N4O. The van der Waals surface area contributed by atoms with Gasteiger partial charge in [-0.15, -0.1) is 5.10 Å². The van der Waals surface area contributed by atoms with Crippen LogP contribution in [-0.4, -0.2) is 15.0 Å². The fourth-order valence-corrected chi connectivity index (χ4v) is 2.28. The van der Waals surface area contributed by atoms with E-state index in [2.05, 4.69) is 23.3 Å². The highest BCUT2D eigenvalue weighted by Gasteiger charge is 2.13. The van der Waals surface area contributed by atoms with Gasteiger partial charge in [-0.2, -0.15) is 5.26 Å². The number of aryl methyl sites for hydroxylation is 1. The van der Waals surface area contributed by atoms with Crippen molar-refractivity contribution >= 4 is 0 Å². The fraction of sp³-hybridized carbons (Fsp3) is 0.471. The van der Waals surface area contributed by atoms with E-state index in [4.69, 9.17) is 10.00 Å². The number of nitrogens with zero attached hydrogens (tertiary/aromatic N) is 4. The number of para-hydroxylation sites is 1. The Balaban J connectivity index is 1.93. The van der Waals surface area contributed by atoms with Crippen LogP contribution in [0.4, 0.5) is 0 Å². The first kappa shape index (κ1) is 16.0. The standard InChI is InChI=1S/C17H22N4O/c1-2-3-4-5-9-12-21-17(16(13-18)19-20-21)14-22-15-10-7-6-8-11-15/h6-8,10-11H,2-5,9,12,14H2,1H3. The molecule has 116 valence electrons. The van der Waals surface area contributed by atoms with E-state index in [1.54, 1.807) is 4.68 Å². The van der Waals surface area contributed by atoms with Crippen LogP contribution in [0.25, 0.3) is 0 Å². The summed E-state index contributed by atoms with van der Waals surface area (Å²) in [5, 5.41) is 17.2. The second-order valence-corrected chi connectivity index (χ2v) is 5.24. The number of benzene rings is 1. The quantitative estimate of drug-likeness (QED) is 0.662. The summed E-state index contributed by atoms with van der Waals surface area (Å²) in [7, 11) is 0. The van der Waals surface area contributed by atoms with Crippen LogP contribution in [0.5, 0.6) is 5.75 Å². The molecular weight excluding hydrogens is 276 g/mol. The number of rotatable bonds is 9. The summed E-state index contributed by atoms with van der Waals surface area (Å²) in [5.41, 5.74) is 1.10. The van der Waals surface area contributed by atoms with Gasteiger partial charge in [-0.1, -0.05) is 56.0 Å². The molecule has 0 spiro atoms. The van der Waals surface area contributed by atoms with Crippen LogP contribution in [-0.2, 0) is 13.2 Å². The normalized spacial score (nSPS) is 10.4. The minimum atomic E-state index is 0.314. The molecule has 0 fully saturated rings. The van der Waals surface area contributed by atoms with E-state index in [9.17, 15) is 0 Å². The molecule has 5 nitrogen and oxygen atoms in total. The van der Waals surface area contributed by atoms with Gasteiger partial charge in [-0.25, -0.2) is 4.68 Å². The van der Waals surface area contributed by atoms with Gasteiger partial charge in [-0.3, -0.25) is 0 Å². The number of ether oxygens (including phenoxy) is 1. The Kier molecular flexibility index (Phi) is 6.43. The molecule has 0 unspecified atom stereocenters. The lowest BCUT2D eigenvalue weighted by atomic mass is 10.1. The molecule has 0 radical (unpaired) electrons. The van der Waals surface area contributed by atoms with Crippen molar-refractivity contribution in [1.82, 2.24) is 15.0 Å². The first-order chi connectivity index (χ1) is 10.8. The molecule has 2 rings (SSSR count). The van der Waals surface area contributed by atoms with Crippen LogP contribution in [0.3, 0.4) is 0 Å². The zero-order valence-corrected chi connectivity index (χ0v) is 13.0. The van der Waals surface area contributed by atoms with Crippen molar-refractivity contribution in [3.05, 3.63) is 41.7 Å². The van der Waals surface area contributed by atoms with Crippen LogP contribution in [0.2, 0.25) is 0 Å². The highest BCUT2D eigenvalue weighted by molar-refractivity contribution is 5.26. The van der Waals surface area contributed by atoms with Gasteiger partial charge in [0.05, 0.1) is 0 Å². The number of hydrogen-bond donors (Lipinski definition) is 0. The van der Waals surface area contributed by atoms with Crippen LogP contribution in [0.1, 0.15) is 50.4 Å². The molecule has 0 bridgehead atoms. The van der Waals surface area contributed by atoms with Crippen LogP contribution in [0, 0.1) is 11.3 Å². The molecule has 0 N–H and O–H groups in total. The van der Waals surface area contributed by atoms with Gasteiger partial charge in [0.2, 0.25) is 0 Å². The molecule has 5 heteroatoms. The predicted octanol–water partition coefficient (Wildman–Crippen LogP) is 3.70. The molecule has 0 saturated heterocycles. The first-order valence-corrected chi connectivity index (χ1v) is 7.85. The summed E-state index contributed by atoms with van der Waals surface area (Å²) >= 11 is 0. The largest absolute Gasteiger partial charge is 0.487 e. The third-order valence-electron chi connectivity index (χ3n) is 3.54. The Morgan fingerprint density at radius 1 is 1.14 bits per heavy atom. The number of unbranched alkanes of at least 4 members (excludes halogenated alkanes) is 4. The fourth-order valence-electron chi connectivity index (χ4n) is 2.28. The van der Waals surface area contributed by atoms with Crippen molar-refractivity contribution in [3.63, 3.8) is 0 Å². The van der Waals surface area contributed by atoms with Crippen molar-refractivity contribution in [2.75, 3.05) is 0 Å². The Labute approximate surface area is 131 Å². The SMILES string of the molecule is CCCCCCCn1nnc(C#N)c1COc1ccccc1. The van der Waals surface area contributed by atoms with E-state index in [1.807, 2.05) is 30.3 Å². The van der Waals surface area contributed by atoms with Gasteiger partial charge in [0.15, 0.2) is 5.69 Å². The Morgan fingerprint density at radius 3 is 2.64 bits per heavy atom. The molecule has 0 aliphatic heterocycles. The Bertz CT molecular complexity index is 601. The van der Waals surface area contributed by atoms with Crippen LogP contribution >= 0.6 is 0 Å². The maximum Gasteiger partial charge on any atom is 0.189 e. The maximum atomic E-state index is 9.15. The van der Waals surface area contributed by atoms with Gasteiger partial charge in [-0.05, 0) is 18.6 Å². The Morgan fingerprint density at radius 2 is 1.91 bits per heavy atom. The molecule has 1 aromatic heterocycles. The summed E-state index contributed by atoms with van der Waals surface area (Å²) < 4.78 is 7.53. The van der Waals surface area contributed by atoms with Crippen molar-refractivity contribution in [1.29, 1.82) is 5.26 Å². The van der Waals surface area contributed by atoms with E-state index < -0.39 is 0 Å². The first-order valence-electron chi connectivity index (χ1n) is 7.85. The number of hydrogen-bond acceptors (Lipinski definition) is 4. The van der Waals surface area contributed by atoms with Gasteiger partial charge < -0.3 is 4.74 Å². The van der Waals surface area contributed by atoms with E-state index in [1.165, 1.54) is 25.7 Å². The summed E-state index contributed by atoms with van der Waals surface area (Å²) in [4.78, 5) is 0. The maximum absolute atomic E-state index is 9.15. The smallest absolute Gasteiger partial charge is 0.189 e. The number of nitriles is 1. The average molecular weight is 298 g/mol. The molecule has 22 heavy (non-hydrogen) atoms. The minimum absolute atomic E-state index is 0.314. The van der Waals surface area contributed by atoms with Crippen molar-refractivity contribution in [2.45, 2.75) is 52.2 Å². The molecule has 0 saturated carbocycles. The van der Waals surface area contributed by atoms with Crippen LogP contribution in [0.15, 0.2) is 30.3 Å². The molecule has 1 heterocycles. The zero-order valence-electron chi connectivity index (χ0n) is 13.0. The molecule has 1 aromatic carbocycles.